The number of hydrogen-bond acceptors (Lipinski definition) is 3. The largest absolute Gasteiger partial charge is 0.466 e. The molecule has 90 valence electrons. The van der Waals surface area contributed by atoms with Crippen molar-refractivity contribution >= 4 is 15.9 Å². The molecule has 0 radical (unpaired) electrons. The normalized spacial score (nSPS) is 12.5. The molecule has 0 aromatic heterocycles. The van der Waals surface area contributed by atoms with E-state index in [-0.39, 0.29) is 12.8 Å². The van der Waals surface area contributed by atoms with Gasteiger partial charge in [0.05, 0.1) is 4.47 Å². The standard InChI is InChI=1S/C12H18BrNO2/c1-3-15-8-16-12-5-4-10(6-9(2)14)7-11(12)13/h4-5,7,9H,3,6,8,14H2,1-2H3. The van der Waals surface area contributed by atoms with Gasteiger partial charge in [0, 0.05) is 12.6 Å². The summed E-state index contributed by atoms with van der Waals surface area (Å²) in [5.74, 6) is 0.793. The van der Waals surface area contributed by atoms with Crippen molar-refractivity contribution in [3.8, 4) is 5.75 Å². The molecule has 0 aliphatic rings. The van der Waals surface area contributed by atoms with Gasteiger partial charge in [-0.3, -0.25) is 0 Å². The van der Waals surface area contributed by atoms with E-state index in [4.69, 9.17) is 15.2 Å². The van der Waals surface area contributed by atoms with Crippen molar-refractivity contribution in [3.05, 3.63) is 28.2 Å². The van der Waals surface area contributed by atoms with Gasteiger partial charge < -0.3 is 15.2 Å². The van der Waals surface area contributed by atoms with E-state index < -0.39 is 0 Å². The van der Waals surface area contributed by atoms with E-state index in [1.165, 1.54) is 5.56 Å². The lowest BCUT2D eigenvalue weighted by Gasteiger charge is -2.10. The molecule has 2 N–H and O–H groups in total. The van der Waals surface area contributed by atoms with Gasteiger partial charge in [-0.1, -0.05) is 6.07 Å². The van der Waals surface area contributed by atoms with Crippen LogP contribution < -0.4 is 10.5 Å². The van der Waals surface area contributed by atoms with Crippen LogP contribution in [0.3, 0.4) is 0 Å². The van der Waals surface area contributed by atoms with Gasteiger partial charge >= 0.3 is 0 Å². The first-order valence-corrected chi connectivity index (χ1v) is 6.17. The third-order valence-corrected chi connectivity index (χ3v) is 2.68. The van der Waals surface area contributed by atoms with Crippen molar-refractivity contribution in [1.82, 2.24) is 0 Å². The van der Waals surface area contributed by atoms with Gasteiger partial charge in [-0.05, 0) is 53.9 Å². The summed E-state index contributed by atoms with van der Waals surface area (Å²) in [5, 5.41) is 0. The zero-order valence-electron chi connectivity index (χ0n) is 9.70. The second kappa shape index (κ2) is 6.89. The Morgan fingerprint density at radius 2 is 2.19 bits per heavy atom. The van der Waals surface area contributed by atoms with Gasteiger partial charge in [0.1, 0.15) is 5.75 Å². The van der Waals surface area contributed by atoms with Gasteiger partial charge in [-0.25, -0.2) is 0 Å². The van der Waals surface area contributed by atoms with E-state index in [0.29, 0.717) is 6.61 Å². The Hall–Kier alpha value is -0.580. The summed E-state index contributed by atoms with van der Waals surface area (Å²) in [5.41, 5.74) is 6.94. The predicted octanol–water partition coefficient (Wildman–Crippen LogP) is 2.71. The Bertz CT molecular complexity index is 329. The number of rotatable bonds is 6. The topological polar surface area (TPSA) is 44.5 Å². The molecule has 0 saturated carbocycles. The van der Waals surface area contributed by atoms with Crippen LogP contribution >= 0.6 is 15.9 Å². The molecule has 0 fully saturated rings. The third-order valence-electron chi connectivity index (χ3n) is 2.06. The molecule has 3 nitrogen and oxygen atoms in total. The van der Waals surface area contributed by atoms with Crippen LogP contribution in [0.5, 0.6) is 5.75 Å². The maximum Gasteiger partial charge on any atom is 0.189 e. The highest BCUT2D eigenvalue weighted by atomic mass is 79.9. The first-order chi connectivity index (χ1) is 7.63. The Labute approximate surface area is 105 Å². The summed E-state index contributed by atoms with van der Waals surface area (Å²) in [6.45, 7) is 4.86. The van der Waals surface area contributed by atoms with Crippen LogP contribution in [-0.2, 0) is 11.2 Å². The molecular weight excluding hydrogens is 270 g/mol. The summed E-state index contributed by atoms with van der Waals surface area (Å²) in [6.07, 6.45) is 0.865. The molecule has 0 bridgehead atoms. The van der Waals surface area contributed by atoms with E-state index >= 15 is 0 Å². The minimum Gasteiger partial charge on any atom is -0.466 e. The summed E-state index contributed by atoms with van der Waals surface area (Å²) >= 11 is 3.47. The maximum absolute atomic E-state index is 5.74. The highest BCUT2D eigenvalue weighted by Crippen LogP contribution is 2.26. The second-order valence-electron chi connectivity index (χ2n) is 3.70. The zero-order valence-corrected chi connectivity index (χ0v) is 11.3. The fourth-order valence-corrected chi connectivity index (χ4v) is 1.89. The quantitative estimate of drug-likeness (QED) is 0.646. The van der Waals surface area contributed by atoms with Crippen molar-refractivity contribution in [2.75, 3.05) is 13.4 Å². The van der Waals surface area contributed by atoms with Crippen LogP contribution in [0.4, 0.5) is 0 Å². The molecule has 0 amide bonds. The minimum absolute atomic E-state index is 0.169. The highest BCUT2D eigenvalue weighted by Gasteiger charge is 2.04. The molecule has 4 heteroatoms. The van der Waals surface area contributed by atoms with Gasteiger partial charge in [0.2, 0.25) is 0 Å². The Kier molecular flexibility index (Phi) is 5.80. The molecule has 1 aromatic carbocycles. The van der Waals surface area contributed by atoms with E-state index in [9.17, 15) is 0 Å². The van der Waals surface area contributed by atoms with Crippen molar-refractivity contribution in [1.29, 1.82) is 0 Å². The fraction of sp³-hybridized carbons (Fsp3) is 0.500. The summed E-state index contributed by atoms with van der Waals surface area (Å²) in [6, 6.07) is 6.16. The Morgan fingerprint density at radius 3 is 2.75 bits per heavy atom. The number of benzene rings is 1. The molecule has 0 aliphatic carbocycles. The van der Waals surface area contributed by atoms with Crippen LogP contribution in [0.1, 0.15) is 19.4 Å². The van der Waals surface area contributed by atoms with Crippen LogP contribution in [-0.4, -0.2) is 19.4 Å². The van der Waals surface area contributed by atoms with Gasteiger partial charge in [-0.15, -0.1) is 0 Å². The number of hydrogen-bond donors (Lipinski definition) is 1. The molecule has 0 heterocycles. The van der Waals surface area contributed by atoms with Crippen molar-refractivity contribution in [3.63, 3.8) is 0 Å². The summed E-state index contributed by atoms with van der Waals surface area (Å²) in [7, 11) is 0. The van der Waals surface area contributed by atoms with Crippen molar-refractivity contribution in [2.45, 2.75) is 26.3 Å². The average Bonchev–Trinajstić information content (AvgIpc) is 2.20. The third kappa shape index (κ3) is 4.51. The summed E-state index contributed by atoms with van der Waals surface area (Å²) < 4.78 is 11.5. The Morgan fingerprint density at radius 1 is 1.44 bits per heavy atom. The summed E-state index contributed by atoms with van der Waals surface area (Å²) in [4.78, 5) is 0. The average molecular weight is 288 g/mol. The van der Waals surface area contributed by atoms with Gasteiger partial charge in [0.15, 0.2) is 6.79 Å². The van der Waals surface area contributed by atoms with Gasteiger partial charge in [0.25, 0.3) is 0 Å². The number of halogens is 1. The highest BCUT2D eigenvalue weighted by molar-refractivity contribution is 9.10. The van der Waals surface area contributed by atoms with E-state index in [1.54, 1.807) is 0 Å². The number of nitrogens with two attached hydrogens (primary N) is 1. The predicted molar refractivity (Wildman–Crippen MR) is 68.6 cm³/mol. The number of ether oxygens (including phenoxy) is 2. The minimum atomic E-state index is 0.169. The fourth-order valence-electron chi connectivity index (χ4n) is 1.35. The second-order valence-corrected chi connectivity index (χ2v) is 4.56. The molecule has 0 aliphatic heterocycles. The van der Waals surface area contributed by atoms with Crippen LogP contribution in [0.25, 0.3) is 0 Å². The molecular formula is C12H18BrNO2. The molecule has 1 atom stereocenters. The first kappa shape index (κ1) is 13.5. The van der Waals surface area contributed by atoms with Crippen molar-refractivity contribution in [2.24, 2.45) is 5.73 Å². The van der Waals surface area contributed by atoms with E-state index in [0.717, 1.165) is 16.6 Å². The Balaban J connectivity index is 2.60. The zero-order chi connectivity index (χ0) is 12.0. The van der Waals surface area contributed by atoms with E-state index in [2.05, 4.69) is 15.9 Å². The molecule has 0 saturated heterocycles. The lowest BCUT2D eigenvalue weighted by atomic mass is 10.1. The SMILES string of the molecule is CCOCOc1ccc(CC(C)N)cc1Br. The molecule has 1 rings (SSSR count). The molecule has 1 aromatic rings. The molecule has 1 unspecified atom stereocenters. The van der Waals surface area contributed by atoms with Crippen LogP contribution in [0.2, 0.25) is 0 Å². The van der Waals surface area contributed by atoms with Crippen LogP contribution in [0, 0.1) is 0 Å². The monoisotopic (exact) mass is 287 g/mol. The molecule has 16 heavy (non-hydrogen) atoms. The lowest BCUT2D eigenvalue weighted by molar-refractivity contribution is 0.0219. The smallest absolute Gasteiger partial charge is 0.189 e. The lowest BCUT2D eigenvalue weighted by Crippen LogP contribution is -2.17. The first-order valence-electron chi connectivity index (χ1n) is 5.38. The maximum atomic E-state index is 5.74. The van der Waals surface area contributed by atoms with E-state index in [1.807, 2.05) is 32.0 Å². The molecule has 0 spiro atoms. The van der Waals surface area contributed by atoms with Gasteiger partial charge in [-0.2, -0.15) is 0 Å². The van der Waals surface area contributed by atoms with Crippen LogP contribution in [0.15, 0.2) is 22.7 Å². The van der Waals surface area contributed by atoms with Crippen molar-refractivity contribution < 1.29 is 9.47 Å².